The van der Waals surface area contributed by atoms with Crippen molar-refractivity contribution in [3.8, 4) is 0 Å². The van der Waals surface area contributed by atoms with Crippen LogP contribution in [-0.2, 0) is 14.8 Å². The Labute approximate surface area is 253 Å². The number of hydrogen-bond donors (Lipinski definition) is 1. The summed E-state index contributed by atoms with van der Waals surface area (Å²) in [5.74, 6) is 0.107. The van der Waals surface area contributed by atoms with Crippen LogP contribution in [0.2, 0.25) is 18.1 Å². The molecular weight excluding hydrogens is 535 g/mol. The summed E-state index contributed by atoms with van der Waals surface area (Å²) in [5, 5.41) is 3.09. The van der Waals surface area contributed by atoms with Crippen molar-refractivity contribution in [2.75, 3.05) is 39.3 Å². The molecule has 5 rings (SSSR count). The SMILES string of the molecule is CC(C)(C)[Si](C)(C)OC1CCN(C(c2ccccc2)(c2ccccc2)c2ccccc2)C/C1=C\CN1CCNC(=O)C1. The zero-order valence-corrected chi connectivity index (χ0v) is 27.0. The number of piperazine rings is 1. The molecule has 0 saturated carbocycles. The molecule has 3 aromatic carbocycles. The maximum atomic E-state index is 12.1. The molecule has 42 heavy (non-hydrogen) atoms. The molecule has 2 heterocycles. The predicted octanol–water partition coefficient (Wildman–Crippen LogP) is 6.43. The molecule has 1 N–H and O–H groups in total. The minimum absolute atomic E-state index is 0.0702. The lowest BCUT2D eigenvalue weighted by Crippen LogP contribution is -2.55. The smallest absolute Gasteiger partial charge is 0.234 e. The molecule has 222 valence electrons. The Bertz CT molecular complexity index is 1260. The fraction of sp³-hybridized carbons (Fsp3) is 0.417. The summed E-state index contributed by atoms with van der Waals surface area (Å²) in [5.41, 5.74) is 4.65. The molecule has 0 spiro atoms. The number of rotatable bonds is 8. The highest BCUT2D eigenvalue weighted by molar-refractivity contribution is 6.74. The molecule has 2 fully saturated rings. The van der Waals surface area contributed by atoms with E-state index in [1.165, 1.54) is 22.3 Å². The van der Waals surface area contributed by atoms with E-state index in [4.69, 9.17) is 4.43 Å². The predicted molar refractivity (Wildman–Crippen MR) is 175 cm³/mol. The van der Waals surface area contributed by atoms with Gasteiger partial charge in [0.2, 0.25) is 5.91 Å². The van der Waals surface area contributed by atoms with Crippen molar-refractivity contribution in [2.24, 2.45) is 0 Å². The van der Waals surface area contributed by atoms with Gasteiger partial charge in [0, 0.05) is 32.7 Å². The van der Waals surface area contributed by atoms with Crippen molar-refractivity contribution in [3.63, 3.8) is 0 Å². The van der Waals surface area contributed by atoms with Crippen molar-refractivity contribution >= 4 is 14.2 Å². The van der Waals surface area contributed by atoms with Gasteiger partial charge in [-0.2, -0.15) is 0 Å². The van der Waals surface area contributed by atoms with Crippen LogP contribution in [0.25, 0.3) is 0 Å². The molecular formula is C36H47N3O2Si. The molecule has 0 radical (unpaired) electrons. The average molecular weight is 582 g/mol. The Kier molecular flexibility index (Phi) is 9.19. The van der Waals surface area contributed by atoms with E-state index in [2.05, 4.69) is 146 Å². The Morgan fingerprint density at radius 1 is 0.833 bits per heavy atom. The molecule has 0 bridgehead atoms. The van der Waals surface area contributed by atoms with Gasteiger partial charge in [-0.05, 0) is 46.8 Å². The van der Waals surface area contributed by atoms with Gasteiger partial charge >= 0.3 is 0 Å². The molecule has 1 unspecified atom stereocenters. The lowest BCUT2D eigenvalue weighted by molar-refractivity contribution is -0.123. The molecule has 6 heteroatoms. The van der Waals surface area contributed by atoms with Crippen molar-refractivity contribution in [3.05, 3.63) is 119 Å². The Morgan fingerprint density at radius 2 is 1.36 bits per heavy atom. The number of likely N-dealkylation sites (tertiary alicyclic amines) is 1. The molecule has 0 aliphatic carbocycles. The highest BCUT2D eigenvalue weighted by atomic mass is 28.4. The fourth-order valence-electron chi connectivity index (χ4n) is 6.19. The summed E-state index contributed by atoms with van der Waals surface area (Å²) in [6.07, 6.45) is 3.36. The summed E-state index contributed by atoms with van der Waals surface area (Å²) in [6.45, 7) is 16.1. The van der Waals surface area contributed by atoms with E-state index in [0.717, 1.165) is 32.6 Å². The quantitative estimate of drug-likeness (QED) is 0.189. The lowest BCUT2D eigenvalue weighted by atomic mass is 9.74. The van der Waals surface area contributed by atoms with Crippen LogP contribution in [-0.4, -0.2) is 69.4 Å². The standard InChI is InChI=1S/C36H47N3O2Si/c1-35(2,3)42(4,5)41-33-22-25-39(27-29(33)21-24-38-26-23-37-34(40)28-38)36(30-15-9-6-10-16-30,31-17-11-7-12-18-31)32-19-13-8-14-20-32/h6-21,33H,22-28H2,1-5H3,(H,37,40)/b29-21+. The monoisotopic (exact) mass is 581 g/mol. The maximum absolute atomic E-state index is 12.1. The zero-order valence-electron chi connectivity index (χ0n) is 26.0. The maximum Gasteiger partial charge on any atom is 0.234 e. The summed E-state index contributed by atoms with van der Waals surface area (Å²) in [6, 6.07) is 32.9. The van der Waals surface area contributed by atoms with Crippen molar-refractivity contribution < 1.29 is 9.22 Å². The van der Waals surface area contributed by atoms with E-state index in [0.29, 0.717) is 13.1 Å². The third-order valence-corrected chi connectivity index (χ3v) is 14.0. The lowest BCUT2D eigenvalue weighted by Gasteiger charge is -2.50. The first-order valence-corrected chi connectivity index (χ1v) is 18.3. The molecule has 1 amide bonds. The Hall–Kier alpha value is -3.03. The van der Waals surface area contributed by atoms with Gasteiger partial charge in [-0.15, -0.1) is 0 Å². The number of benzene rings is 3. The number of amides is 1. The van der Waals surface area contributed by atoms with E-state index in [1.807, 2.05) is 0 Å². The van der Waals surface area contributed by atoms with Crippen LogP contribution in [0.1, 0.15) is 43.9 Å². The van der Waals surface area contributed by atoms with Gasteiger partial charge in [-0.3, -0.25) is 14.6 Å². The first-order valence-electron chi connectivity index (χ1n) is 15.4. The Balaban J connectivity index is 1.60. The van der Waals surface area contributed by atoms with Crippen LogP contribution < -0.4 is 5.32 Å². The van der Waals surface area contributed by atoms with Crippen LogP contribution in [0.3, 0.4) is 0 Å². The van der Waals surface area contributed by atoms with Gasteiger partial charge in [-0.1, -0.05) is 118 Å². The fourth-order valence-corrected chi connectivity index (χ4v) is 7.52. The number of piperidine rings is 1. The summed E-state index contributed by atoms with van der Waals surface area (Å²) < 4.78 is 7.14. The average Bonchev–Trinajstić information content (AvgIpc) is 2.98. The number of nitrogens with one attached hydrogen (secondary N) is 1. The van der Waals surface area contributed by atoms with Gasteiger partial charge in [0.25, 0.3) is 0 Å². The highest BCUT2D eigenvalue weighted by Gasteiger charge is 2.46. The van der Waals surface area contributed by atoms with E-state index in [-0.39, 0.29) is 17.0 Å². The second kappa shape index (κ2) is 12.7. The highest BCUT2D eigenvalue weighted by Crippen LogP contribution is 2.45. The minimum atomic E-state index is -2.01. The molecule has 0 aromatic heterocycles. The molecule has 2 aliphatic rings. The number of carbonyl (C=O) groups excluding carboxylic acids is 1. The zero-order chi connectivity index (χ0) is 29.8. The van der Waals surface area contributed by atoms with Gasteiger partial charge in [-0.25, -0.2) is 0 Å². The first-order chi connectivity index (χ1) is 20.1. The van der Waals surface area contributed by atoms with Crippen LogP contribution in [0.5, 0.6) is 0 Å². The third-order valence-electron chi connectivity index (χ3n) is 9.47. The largest absolute Gasteiger partial charge is 0.410 e. The summed E-state index contributed by atoms with van der Waals surface area (Å²) in [7, 11) is -2.01. The van der Waals surface area contributed by atoms with E-state index in [1.54, 1.807) is 0 Å². The van der Waals surface area contributed by atoms with Crippen molar-refractivity contribution in [2.45, 2.75) is 57.0 Å². The van der Waals surface area contributed by atoms with Crippen LogP contribution in [0.15, 0.2) is 103 Å². The van der Waals surface area contributed by atoms with Crippen LogP contribution in [0, 0.1) is 0 Å². The van der Waals surface area contributed by atoms with Gasteiger partial charge in [0.15, 0.2) is 8.32 Å². The van der Waals surface area contributed by atoms with Gasteiger partial charge in [0.1, 0.15) is 0 Å². The van der Waals surface area contributed by atoms with Gasteiger partial charge < -0.3 is 9.74 Å². The number of nitrogens with zero attached hydrogens (tertiary/aromatic N) is 2. The second-order valence-electron chi connectivity index (χ2n) is 13.2. The Morgan fingerprint density at radius 3 is 1.83 bits per heavy atom. The molecule has 1 atom stereocenters. The molecule has 3 aromatic rings. The first kappa shape index (κ1) is 30.4. The minimum Gasteiger partial charge on any atom is -0.410 e. The van der Waals surface area contributed by atoms with Crippen molar-refractivity contribution in [1.82, 2.24) is 15.1 Å². The second-order valence-corrected chi connectivity index (χ2v) is 18.0. The number of carbonyl (C=O) groups is 1. The van der Waals surface area contributed by atoms with Crippen molar-refractivity contribution in [1.29, 1.82) is 0 Å². The van der Waals surface area contributed by atoms with Gasteiger partial charge in [0.05, 0.1) is 18.2 Å². The normalized spacial score (nSPS) is 20.5. The molecule has 2 aliphatic heterocycles. The number of hydrogen-bond acceptors (Lipinski definition) is 4. The third kappa shape index (κ3) is 6.32. The molecule has 5 nitrogen and oxygen atoms in total. The van der Waals surface area contributed by atoms with E-state index >= 15 is 0 Å². The van der Waals surface area contributed by atoms with E-state index in [9.17, 15) is 4.79 Å². The van der Waals surface area contributed by atoms with E-state index < -0.39 is 13.9 Å². The molecule has 2 saturated heterocycles. The summed E-state index contributed by atoms with van der Waals surface area (Å²) >= 11 is 0. The summed E-state index contributed by atoms with van der Waals surface area (Å²) in [4.78, 5) is 17.0. The topological polar surface area (TPSA) is 44.8 Å². The van der Waals surface area contributed by atoms with Crippen LogP contribution >= 0.6 is 0 Å². The van der Waals surface area contributed by atoms with Crippen LogP contribution in [0.4, 0.5) is 0 Å².